The van der Waals surface area contributed by atoms with E-state index in [0.717, 1.165) is 4.90 Å². The number of hydrogen-bond acceptors (Lipinski definition) is 1. The molecule has 0 N–H and O–H groups in total. The second kappa shape index (κ2) is 3.62. The molecule has 1 aliphatic rings. The molecule has 14 heavy (non-hydrogen) atoms. The van der Waals surface area contributed by atoms with Crippen LogP contribution in [-0.2, 0) is 0 Å². The van der Waals surface area contributed by atoms with Crippen LogP contribution in [0.5, 0.6) is 0 Å². The van der Waals surface area contributed by atoms with Gasteiger partial charge in [0.2, 0.25) is 0 Å². The van der Waals surface area contributed by atoms with Gasteiger partial charge >= 0.3 is 5.92 Å². The first kappa shape index (κ1) is 9.54. The summed E-state index contributed by atoms with van der Waals surface area (Å²) in [4.78, 5) is 0.996. The summed E-state index contributed by atoms with van der Waals surface area (Å²) < 4.78 is 25.9. The van der Waals surface area contributed by atoms with Gasteiger partial charge in [-0.05, 0) is 18.1 Å². The third-order valence-electron chi connectivity index (χ3n) is 1.94. The zero-order valence-corrected chi connectivity index (χ0v) is 8.20. The Labute approximate surface area is 85.7 Å². The first-order valence-corrected chi connectivity index (χ1v) is 5.29. The summed E-state index contributed by atoms with van der Waals surface area (Å²) in [5.74, 6) is 2.14. The fourth-order valence-electron chi connectivity index (χ4n) is 1.21. The van der Waals surface area contributed by atoms with Crippen molar-refractivity contribution in [3.05, 3.63) is 29.8 Å². The molecule has 1 aromatic rings. The van der Waals surface area contributed by atoms with E-state index < -0.39 is 5.92 Å². The zero-order valence-electron chi connectivity index (χ0n) is 7.39. The van der Waals surface area contributed by atoms with Crippen molar-refractivity contribution in [1.29, 1.82) is 0 Å². The van der Waals surface area contributed by atoms with Crippen molar-refractivity contribution in [2.75, 3.05) is 5.75 Å². The molecule has 0 saturated heterocycles. The number of fused-ring (bicyclic) bond motifs is 1. The highest BCUT2D eigenvalue weighted by Crippen LogP contribution is 2.29. The van der Waals surface area contributed by atoms with E-state index in [1.165, 1.54) is 11.8 Å². The number of alkyl halides is 2. The van der Waals surface area contributed by atoms with Crippen molar-refractivity contribution in [1.82, 2.24) is 0 Å². The predicted molar refractivity (Wildman–Crippen MR) is 53.6 cm³/mol. The minimum atomic E-state index is -2.83. The second-order valence-electron chi connectivity index (χ2n) is 3.05. The Morgan fingerprint density at radius 3 is 2.93 bits per heavy atom. The molecule has 1 aliphatic heterocycles. The average molecular weight is 210 g/mol. The number of thioether (sulfide) groups is 1. The summed E-state index contributed by atoms with van der Waals surface area (Å²) in [6.07, 6.45) is -0.168. The predicted octanol–water partition coefficient (Wildman–Crippen LogP) is 3.17. The maximum absolute atomic E-state index is 13.0. The molecule has 0 bridgehead atoms. The molecule has 0 fully saturated rings. The Kier molecular flexibility index (Phi) is 2.47. The molecule has 0 unspecified atom stereocenters. The second-order valence-corrected chi connectivity index (χ2v) is 4.19. The van der Waals surface area contributed by atoms with Crippen LogP contribution in [0.4, 0.5) is 8.78 Å². The Hall–Kier alpha value is -1.01. The molecule has 0 nitrogen and oxygen atoms in total. The smallest absolute Gasteiger partial charge is 0.192 e. The van der Waals surface area contributed by atoms with Crippen LogP contribution in [0, 0.1) is 11.8 Å². The van der Waals surface area contributed by atoms with Gasteiger partial charge < -0.3 is 0 Å². The monoisotopic (exact) mass is 210 g/mol. The van der Waals surface area contributed by atoms with Crippen LogP contribution in [0.1, 0.15) is 12.0 Å². The first-order valence-electron chi connectivity index (χ1n) is 4.30. The third-order valence-corrected chi connectivity index (χ3v) is 3.02. The van der Waals surface area contributed by atoms with Gasteiger partial charge in [0.05, 0.1) is 0 Å². The Morgan fingerprint density at radius 2 is 2.07 bits per heavy atom. The van der Waals surface area contributed by atoms with Gasteiger partial charge in [0.15, 0.2) is 0 Å². The summed E-state index contributed by atoms with van der Waals surface area (Å²) >= 11 is 1.44. The van der Waals surface area contributed by atoms with Gasteiger partial charge in [-0.2, -0.15) is 8.78 Å². The van der Waals surface area contributed by atoms with Crippen molar-refractivity contribution in [3.8, 4) is 11.8 Å². The summed E-state index contributed by atoms with van der Waals surface area (Å²) in [6, 6.07) is 7.40. The fourth-order valence-corrected chi connectivity index (χ4v) is 2.23. The highest BCUT2D eigenvalue weighted by atomic mass is 32.2. The Balaban J connectivity index is 2.43. The van der Waals surface area contributed by atoms with Crippen molar-refractivity contribution in [3.63, 3.8) is 0 Å². The maximum atomic E-state index is 13.0. The Morgan fingerprint density at radius 1 is 1.29 bits per heavy atom. The molecule has 0 aliphatic carbocycles. The van der Waals surface area contributed by atoms with E-state index in [2.05, 4.69) is 5.92 Å². The van der Waals surface area contributed by atoms with E-state index in [-0.39, 0.29) is 6.42 Å². The minimum absolute atomic E-state index is 0.168. The van der Waals surface area contributed by atoms with Gasteiger partial charge in [0, 0.05) is 22.6 Å². The minimum Gasteiger partial charge on any atom is -0.192 e. The van der Waals surface area contributed by atoms with E-state index in [4.69, 9.17) is 0 Å². The SMILES string of the molecule is FC1(F)C#Cc2ccccc2SCC1. The molecule has 0 saturated carbocycles. The lowest BCUT2D eigenvalue weighted by atomic mass is 10.2. The van der Waals surface area contributed by atoms with Crippen LogP contribution < -0.4 is 0 Å². The highest BCUT2D eigenvalue weighted by molar-refractivity contribution is 7.99. The summed E-state index contributed by atoms with van der Waals surface area (Å²) in [5, 5.41) is 0. The Bertz CT molecular complexity index is 401. The van der Waals surface area contributed by atoms with Crippen LogP contribution in [0.2, 0.25) is 0 Å². The third kappa shape index (κ3) is 2.08. The standard InChI is InChI=1S/C11H8F2S/c12-11(13)6-5-9-3-1-2-4-10(9)14-8-7-11/h1-4H,7-8H2. The zero-order chi connectivity index (χ0) is 10.0. The van der Waals surface area contributed by atoms with Crippen molar-refractivity contribution < 1.29 is 8.78 Å². The lowest BCUT2D eigenvalue weighted by Crippen LogP contribution is -2.14. The molecule has 2 rings (SSSR count). The number of halogens is 2. The summed E-state index contributed by atoms with van der Waals surface area (Å²) in [7, 11) is 0. The first-order chi connectivity index (χ1) is 6.67. The largest absolute Gasteiger partial charge is 0.309 e. The topological polar surface area (TPSA) is 0 Å². The van der Waals surface area contributed by atoms with Gasteiger partial charge in [-0.25, -0.2) is 0 Å². The molecule has 0 spiro atoms. The molecule has 0 radical (unpaired) electrons. The van der Waals surface area contributed by atoms with E-state index in [9.17, 15) is 8.78 Å². The molecular formula is C11H8F2S. The fraction of sp³-hybridized carbons (Fsp3) is 0.273. The number of benzene rings is 1. The van der Waals surface area contributed by atoms with E-state index in [1.54, 1.807) is 6.07 Å². The van der Waals surface area contributed by atoms with Crippen molar-refractivity contribution in [2.24, 2.45) is 0 Å². The highest BCUT2D eigenvalue weighted by Gasteiger charge is 2.26. The van der Waals surface area contributed by atoms with Crippen LogP contribution in [0.3, 0.4) is 0 Å². The quantitative estimate of drug-likeness (QED) is 0.593. The maximum Gasteiger partial charge on any atom is 0.309 e. The molecule has 1 heterocycles. The number of rotatable bonds is 0. The van der Waals surface area contributed by atoms with Crippen LogP contribution in [0.15, 0.2) is 29.2 Å². The molecular weight excluding hydrogens is 202 g/mol. The van der Waals surface area contributed by atoms with Gasteiger partial charge in [0.1, 0.15) is 0 Å². The van der Waals surface area contributed by atoms with E-state index in [0.29, 0.717) is 11.3 Å². The molecule has 72 valence electrons. The normalized spacial score (nSPS) is 18.4. The van der Waals surface area contributed by atoms with Gasteiger partial charge in [0.25, 0.3) is 0 Å². The van der Waals surface area contributed by atoms with E-state index in [1.807, 2.05) is 24.1 Å². The summed E-state index contributed by atoms with van der Waals surface area (Å²) in [6.45, 7) is 0. The van der Waals surface area contributed by atoms with Crippen molar-refractivity contribution >= 4 is 11.8 Å². The molecule has 0 aromatic heterocycles. The lowest BCUT2D eigenvalue weighted by Gasteiger charge is -2.12. The van der Waals surface area contributed by atoms with Crippen LogP contribution >= 0.6 is 11.8 Å². The molecule has 3 heteroatoms. The van der Waals surface area contributed by atoms with Crippen LogP contribution in [0.25, 0.3) is 0 Å². The molecule has 0 amide bonds. The van der Waals surface area contributed by atoms with Gasteiger partial charge in [-0.1, -0.05) is 18.1 Å². The van der Waals surface area contributed by atoms with Gasteiger partial charge in [-0.15, -0.1) is 11.8 Å². The summed E-state index contributed by atoms with van der Waals surface area (Å²) in [5.41, 5.74) is 0.705. The van der Waals surface area contributed by atoms with Gasteiger partial charge in [-0.3, -0.25) is 0 Å². The molecule has 1 aromatic carbocycles. The average Bonchev–Trinajstić information content (AvgIpc) is 2.14. The number of hydrogen-bond donors (Lipinski definition) is 0. The van der Waals surface area contributed by atoms with Crippen LogP contribution in [-0.4, -0.2) is 11.7 Å². The molecule has 0 atom stereocenters. The van der Waals surface area contributed by atoms with E-state index >= 15 is 0 Å². The van der Waals surface area contributed by atoms with Crippen molar-refractivity contribution in [2.45, 2.75) is 17.2 Å². The lowest BCUT2D eigenvalue weighted by molar-refractivity contribution is 0.0636.